The van der Waals surface area contributed by atoms with E-state index in [9.17, 15) is 13.2 Å². The molecule has 2 aliphatic rings. The molecule has 31 heavy (non-hydrogen) atoms. The number of hydrogen-bond acceptors (Lipinski definition) is 6. The summed E-state index contributed by atoms with van der Waals surface area (Å²) in [6.07, 6.45) is 5.27. The molecule has 2 saturated carbocycles. The molecule has 2 heterocycles. The lowest BCUT2D eigenvalue weighted by Gasteiger charge is -2.57. The zero-order valence-corrected chi connectivity index (χ0v) is 19.6. The third-order valence-electron chi connectivity index (χ3n) is 6.66. The summed E-state index contributed by atoms with van der Waals surface area (Å²) in [5.74, 6) is 0.645. The molecule has 1 aromatic carbocycles. The molecule has 1 atom stereocenters. The molecule has 0 bridgehead atoms. The zero-order chi connectivity index (χ0) is 22.0. The number of benzene rings is 1. The van der Waals surface area contributed by atoms with Crippen LogP contribution in [-0.2, 0) is 9.84 Å². The Bertz CT molecular complexity index is 1270. The van der Waals surface area contributed by atoms with Gasteiger partial charge in [0.25, 0.3) is 5.91 Å². The standard InChI is InChI=1S/C22H23ClN2O4S2/c1-12(31(2,27)28)17-4-5-18(29-17)20(26)24-15-10-22(11-15)8-13(9-22)21-25-16-7-14(23)3-6-19(16)30-21/h3-7,12-13,15H,8-11H2,1-2H3,(H,24,26). The topological polar surface area (TPSA) is 89.3 Å². The second-order valence-corrected chi connectivity index (χ2v) is 12.9. The number of furan rings is 1. The predicted molar refractivity (Wildman–Crippen MR) is 121 cm³/mol. The van der Waals surface area contributed by atoms with E-state index in [2.05, 4.69) is 5.32 Å². The van der Waals surface area contributed by atoms with Crippen LogP contribution in [0.4, 0.5) is 0 Å². The highest BCUT2D eigenvalue weighted by Gasteiger charge is 2.54. The second kappa shape index (κ2) is 7.32. The number of carbonyl (C=O) groups is 1. The number of amides is 1. The number of rotatable bonds is 5. The Morgan fingerprint density at radius 3 is 2.71 bits per heavy atom. The Labute approximate surface area is 189 Å². The summed E-state index contributed by atoms with van der Waals surface area (Å²) in [7, 11) is -3.27. The number of hydrogen-bond donors (Lipinski definition) is 1. The SMILES string of the molecule is CC(c1ccc(C(=O)NC2CC3(C2)CC(c2nc4cc(Cl)ccc4s2)C3)o1)S(C)(=O)=O. The number of aromatic nitrogens is 1. The van der Waals surface area contributed by atoms with Gasteiger partial charge in [-0.1, -0.05) is 11.6 Å². The molecule has 2 fully saturated rings. The lowest BCUT2D eigenvalue weighted by Crippen LogP contribution is -2.55. The van der Waals surface area contributed by atoms with E-state index in [1.807, 2.05) is 18.2 Å². The number of fused-ring (bicyclic) bond motifs is 1. The third kappa shape index (κ3) is 3.90. The highest BCUT2D eigenvalue weighted by molar-refractivity contribution is 7.90. The summed E-state index contributed by atoms with van der Waals surface area (Å²) in [5.41, 5.74) is 1.27. The maximum Gasteiger partial charge on any atom is 0.287 e. The summed E-state index contributed by atoms with van der Waals surface area (Å²) in [4.78, 5) is 17.3. The largest absolute Gasteiger partial charge is 0.455 e. The van der Waals surface area contributed by atoms with Crippen LogP contribution in [0.1, 0.15) is 65.1 Å². The van der Waals surface area contributed by atoms with E-state index in [0.29, 0.717) is 16.4 Å². The lowest BCUT2D eigenvalue weighted by atomic mass is 9.50. The van der Waals surface area contributed by atoms with Gasteiger partial charge in [-0.3, -0.25) is 4.79 Å². The summed E-state index contributed by atoms with van der Waals surface area (Å²) in [5, 5.41) is 4.14. The van der Waals surface area contributed by atoms with Gasteiger partial charge >= 0.3 is 0 Å². The molecule has 0 aliphatic heterocycles. The fourth-order valence-electron chi connectivity index (χ4n) is 4.84. The molecule has 1 unspecified atom stereocenters. The van der Waals surface area contributed by atoms with Gasteiger partial charge in [-0.2, -0.15) is 0 Å². The predicted octanol–water partition coefficient (Wildman–Crippen LogP) is 5.10. The first kappa shape index (κ1) is 21.0. The van der Waals surface area contributed by atoms with Crippen molar-refractivity contribution in [3.05, 3.63) is 51.9 Å². The van der Waals surface area contributed by atoms with Crippen LogP contribution in [0, 0.1) is 5.41 Å². The average molecular weight is 479 g/mol. The van der Waals surface area contributed by atoms with Crippen molar-refractivity contribution in [3.8, 4) is 0 Å². The Morgan fingerprint density at radius 2 is 2.00 bits per heavy atom. The van der Waals surface area contributed by atoms with Gasteiger partial charge in [0, 0.05) is 23.2 Å². The van der Waals surface area contributed by atoms with Gasteiger partial charge in [0.1, 0.15) is 11.0 Å². The monoisotopic (exact) mass is 478 g/mol. The molecule has 5 rings (SSSR count). The Morgan fingerprint density at radius 1 is 1.26 bits per heavy atom. The molecule has 1 spiro atoms. The molecule has 2 aliphatic carbocycles. The van der Waals surface area contributed by atoms with Crippen molar-refractivity contribution >= 4 is 48.9 Å². The Hall–Kier alpha value is -1.90. The van der Waals surface area contributed by atoms with Gasteiger partial charge in [-0.15, -0.1) is 11.3 Å². The van der Waals surface area contributed by atoms with Gasteiger partial charge in [-0.05, 0) is 68.4 Å². The van der Waals surface area contributed by atoms with E-state index < -0.39 is 15.1 Å². The maximum atomic E-state index is 12.5. The molecule has 0 radical (unpaired) electrons. The first-order valence-corrected chi connectivity index (χ1v) is 13.4. The Balaban J connectivity index is 1.15. The van der Waals surface area contributed by atoms with Crippen molar-refractivity contribution in [3.63, 3.8) is 0 Å². The minimum atomic E-state index is -3.27. The van der Waals surface area contributed by atoms with Crippen molar-refractivity contribution < 1.29 is 17.6 Å². The van der Waals surface area contributed by atoms with Crippen LogP contribution in [0.25, 0.3) is 10.2 Å². The van der Waals surface area contributed by atoms with Crippen LogP contribution < -0.4 is 5.32 Å². The van der Waals surface area contributed by atoms with E-state index in [-0.39, 0.29) is 23.5 Å². The minimum absolute atomic E-state index is 0.128. The van der Waals surface area contributed by atoms with Gasteiger partial charge in [0.2, 0.25) is 0 Å². The van der Waals surface area contributed by atoms with Gasteiger partial charge in [-0.25, -0.2) is 13.4 Å². The van der Waals surface area contributed by atoms with E-state index in [4.69, 9.17) is 21.0 Å². The van der Waals surface area contributed by atoms with Crippen LogP contribution in [0.15, 0.2) is 34.7 Å². The lowest BCUT2D eigenvalue weighted by molar-refractivity contribution is -0.0190. The normalized spacial score (nSPS) is 26.4. The molecule has 9 heteroatoms. The van der Waals surface area contributed by atoms with Crippen LogP contribution >= 0.6 is 22.9 Å². The molecule has 2 aromatic heterocycles. The molecule has 164 valence electrons. The highest BCUT2D eigenvalue weighted by atomic mass is 35.5. The summed E-state index contributed by atoms with van der Waals surface area (Å²) < 4.78 is 30.0. The number of halogens is 1. The number of carbonyl (C=O) groups excluding carboxylic acids is 1. The number of nitrogens with zero attached hydrogens (tertiary/aromatic N) is 1. The maximum absolute atomic E-state index is 12.5. The minimum Gasteiger partial charge on any atom is -0.455 e. The summed E-state index contributed by atoms with van der Waals surface area (Å²) in [6.45, 7) is 1.55. The van der Waals surface area contributed by atoms with E-state index in [1.54, 1.807) is 30.4 Å². The quantitative estimate of drug-likeness (QED) is 0.550. The molecule has 6 nitrogen and oxygen atoms in total. The fourth-order valence-corrected chi connectivity index (χ4v) is 6.60. The molecule has 1 N–H and O–H groups in total. The van der Waals surface area contributed by atoms with Crippen LogP contribution in [0.3, 0.4) is 0 Å². The van der Waals surface area contributed by atoms with Crippen molar-refractivity contribution in [1.29, 1.82) is 0 Å². The third-order valence-corrected chi connectivity index (χ3v) is 9.61. The average Bonchev–Trinajstić information content (AvgIpc) is 3.27. The summed E-state index contributed by atoms with van der Waals surface area (Å²) in [6, 6.07) is 9.07. The highest BCUT2D eigenvalue weighted by Crippen LogP contribution is 2.62. The molecule has 0 saturated heterocycles. The van der Waals surface area contributed by atoms with Crippen molar-refractivity contribution in [1.82, 2.24) is 10.3 Å². The van der Waals surface area contributed by atoms with Gasteiger partial charge in [0.05, 0.1) is 15.2 Å². The van der Waals surface area contributed by atoms with Crippen LogP contribution in [0.5, 0.6) is 0 Å². The first-order valence-electron chi connectivity index (χ1n) is 10.3. The van der Waals surface area contributed by atoms with Gasteiger partial charge in [0.15, 0.2) is 15.6 Å². The van der Waals surface area contributed by atoms with Crippen molar-refractivity contribution in [2.45, 2.75) is 49.8 Å². The second-order valence-electron chi connectivity index (χ2n) is 9.02. The van der Waals surface area contributed by atoms with Crippen LogP contribution in [0.2, 0.25) is 5.02 Å². The van der Waals surface area contributed by atoms with Gasteiger partial charge < -0.3 is 9.73 Å². The van der Waals surface area contributed by atoms with Crippen molar-refractivity contribution in [2.24, 2.45) is 5.41 Å². The van der Waals surface area contributed by atoms with Crippen molar-refractivity contribution in [2.75, 3.05) is 6.26 Å². The van der Waals surface area contributed by atoms with E-state index >= 15 is 0 Å². The summed E-state index contributed by atoms with van der Waals surface area (Å²) >= 11 is 7.81. The molecular formula is C22H23ClN2O4S2. The number of thiazole rings is 1. The zero-order valence-electron chi connectivity index (χ0n) is 17.2. The fraction of sp³-hybridized carbons (Fsp3) is 0.455. The molecule has 1 amide bonds. The van der Waals surface area contributed by atoms with E-state index in [0.717, 1.165) is 37.5 Å². The smallest absolute Gasteiger partial charge is 0.287 e. The molecule has 3 aromatic rings. The number of sulfone groups is 1. The van der Waals surface area contributed by atoms with Crippen LogP contribution in [-0.4, -0.2) is 31.6 Å². The first-order chi connectivity index (χ1) is 14.6. The number of nitrogens with one attached hydrogen (secondary N) is 1. The van der Waals surface area contributed by atoms with E-state index in [1.165, 1.54) is 9.71 Å². The Kier molecular flexibility index (Phi) is 4.95. The molecular weight excluding hydrogens is 456 g/mol.